The molecular formula is C17H23N5O3. The Labute approximate surface area is 146 Å². The summed E-state index contributed by atoms with van der Waals surface area (Å²) in [5.74, 6) is 0.862. The number of nitrogens with zero attached hydrogens (tertiary/aromatic N) is 4. The van der Waals surface area contributed by atoms with Crippen molar-refractivity contribution in [3.05, 3.63) is 36.1 Å². The van der Waals surface area contributed by atoms with E-state index in [2.05, 4.69) is 27.2 Å². The summed E-state index contributed by atoms with van der Waals surface area (Å²) >= 11 is 0. The Hall–Kier alpha value is -2.19. The normalized spacial score (nSPS) is 24.4. The van der Waals surface area contributed by atoms with E-state index in [-0.39, 0.29) is 18.1 Å². The molecule has 1 saturated heterocycles. The van der Waals surface area contributed by atoms with E-state index in [9.17, 15) is 4.79 Å². The Kier molecular flexibility index (Phi) is 4.30. The smallest absolute Gasteiger partial charge is 0.273 e. The molecule has 0 bridgehead atoms. The minimum Gasteiger partial charge on any atom is -0.447 e. The summed E-state index contributed by atoms with van der Waals surface area (Å²) in [6.07, 6.45) is 6.97. The molecule has 0 unspecified atom stereocenters. The van der Waals surface area contributed by atoms with E-state index in [0.717, 1.165) is 25.1 Å². The number of hydrogen-bond donors (Lipinski definition) is 1. The van der Waals surface area contributed by atoms with Gasteiger partial charge in [0.05, 0.1) is 30.8 Å². The lowest BCUT2D eigenvalue weighted by Crippen LogP contribution is -2.48. The first-order valence-electron chi connectivity index (χ1n) is 8.64. The van der Waals surface area contributed by atoms with Crippen LogP contribution in [0.15, 0.2) is 23.3 Å². The molecule has 1 aliphatic heterocycles. The summed E-state index contributed by atoms with van der Waals surface area (Å²) in [7, 11) is 4.04. The molecule has 2 fully saturated rings. The van der Waals surface area contributed by atoms with Gasteiger partial charge in [-0.15, -0.1) is 0 Å². The molecular weight excluding hydrogens is 322 g/mol. The van der Waals surface area contributed by atoms with Gasteiger partial charge in [-0.3, -0.25) is 9.69 Å². The molecule has 8 nitrogen and oxygen atoms in total. The van der Waals surface area contributed by atoms with E-state index < -0.39 is 0 Å². The molecule has 4 rings (SSSR count). The summed E-state index contributed by atoms with van der Waals surface area (Å²) in [6, 6.07) is 0.0433. The number of imidazole rings is 1. The summed E-state index contributed by atoms with van der Waals surface area (Å²) in [4.78, 5) is 23.1. The average Bonchev–Trinajstić information content (AvgIpc) is 3.17. The second-order valence-electron chi connectivity index (χ2n) is 6.81. The van der Waals surface area contributed by atoms with E-state index in [4.69, 9.17) is 9.15 Å². The van der Waals surface area contributed by atoms with Crippen molar-refractivity contribution in [1.29, 1.82) is 0 Å². The summed E-state index contributed by atoms with van der Waals surface area (Å²) in [6.45, 7) is 1.90. The molecule has 2 aromatic heterocycles. The number of carbonyl (C=O) groups is 1. The Morgan fingerprint density at radius 1 is 1.40 bits per heavy atom. The van der Waals surface area contributed by atoms with Crippen molar-refractivity contribution in [3.8, 4) is 0 Å². The summed E-state index contributed by atoms with van der Waals surface area (Å²) in [5.41, 5.74) is 1.48. The van der Waals surface area contributed by atoms with Crippen LogP contribution in [-0.4, -0.2) is 58.2 Å². The Bertz CT molecular complexity index is 751. The van der Waals surface area contributed by atoms with Crippen molar-refractivity contribution in [2.75, 3.05) is 26.7 Å². The molecule has 0 aromatic carbocycles. The second-order valence-corrected chi connectivity index (χ2v) is 6.81. The lowest BCUT2D eigenvalue weighted by Gasteiger charge is -2.39. The first kappa shape index (κ1) is 16.3. The van der Waals surface area contributed by atoms with Crippen molar-refractivity contribution in [2.24, 2.45) is 7.05 Å². The molecule has 8 heteroatoms. The third-order valence-electron chi connectivity index (χ3n) is 4.98. The van der Waals surface area contributed by atoms with Gasteiger partial charge in [-0.2, -0.15) is 0 Å². The van der Waals surface area contributed by atoms with Crippen LogP contribution in [0.1, 0.15) is 46.7 Å². The van der Waals surface area contributed by atoms with Crippen LogP contribution in [-0.2, 0) is 11.8 Å². The van der Waals surface area contributed by atoms with Crippen LogP contribution in [0.25, 0.3) is 0 Å². The SMILES string of the molecule is CN1CCO[C@@H](CNC(=O)c2ncoc2C2CC2)[C@@H]1c1cncn1C. The van der Waals surface area contributed by atoms with Gasteiger partial charge in [0.15, 0.2) is 12.1 Å². The van der Waals surface area contributed by atoms with Crippen LogP contribution in [0, 0.1) is 0 Å². The third kappa shape index (κ3) is 3.19. The van der Waals surface area contributed by atoms with Crippen LogP contribution in [0.3, 0.4) is 0 Å². The zero-order chi connectivity index (χ0) is 17.4. The third-order valence-corrected chi connectivity index (χ3v) is 4.98. The number of nitrogens with one attached hydrogen (secondary N) is 1. The van der Waals surface area contributed by atoms with Gasteiger partial charge in [0.1, 0.15) is 5.76 Å². The number of likely N-dealkylation sites (N-methyl/N-ethyl adjacent to an activating group) is 1. The van der Waals surface area contributed by atoms with Gasteiger partial charge in [0.25, 0.3) is 5.91 Å². The quantitative estimate of drug-likeness (QED) is 0.873. The number of oxazole rings is 1. The largest absolute Gasteiger partial charge is 0.447 e. The van der Waals surface area contributed by atoms with E-state index >= 15 is 0 Å². The second kappa shape index (κ2) is 6.61. The van der Waals surface area contributed by atoms with E-state index in [1.165, 1.54) is 6.39 Å². The number of morpholine rings is 1. The number of aryl methyl sites for hydroxylation is 1. The van der Waals surface area contributed by atoms with Crippen molar-refractivity contribution < 1.29 is 13.9 Å². The fraction of sp³-hybridized carbons (Fsp3) is 0.588. The van der Waals surface area contributed by atoms with E-state index in [0.29, 0.717) is 30.5 Å². The molecule has 2 atom stereocenters. The van der Waals surface area contributed by atoms with Crippen molar-refractivity contribution in [3.63, 3.8) is 0 Å². The van der Waals surface area contributed by atoms with Crippen LogP contribution < -0.4 is 5.32 Å². The number of rotatable bonds is 5. The Morgan fingerprint density at radius 3 is 2.96 bits per heavy atom. The van der Waals surface area contributed by atoms with Gasteiger partial charge < -0.3 is 19.0 Å². The maximum atomic E-state index is 12.5. The molecule has 1 N–H and O–H groups in total. The lowest BCUT2D eigenvalue weighted by molar-refractivity contribution is -0.0626. The van der Waals surface area contributed by atoms with Crippen LogP contribution in [0.5, 0.6) is 0 Å². The van der Waals surface area contributed by atoms with Crippen LogP contribution in [0.4, 0.5) is 0 Å². The minimum absolute atomic E-state index is 0.0433. The molecule has 3 heterocycles. The predicted molar refractivity (Wildman–Crippen MR) is 89.1 cm³/mol. The molecule has 1 saturated carbocycles. The van der Waals surface area contributed by atoms with E-state index in [1.54, 1.807) is 6.33 Å². The van der Waals surface area contributed by atoms with E-state index in [1.807, 2.05) is 17.8 Å². The minimum atomic E-state index is -0.198. The Morgan fingerprint density at radius 2 is 2.24 bits per heavy atom. The Balaban J connectivity index is 1.46. The summed E-state index contributed by atoms with van der Waals surface area (Å²) in [5, 5.41) is 2.97. The number of aromatic nitrogens is 3. The molecule has 2 aromatic rings. The van der Waals surface area contributed by atoms with Crippen LogP contribution >= 0.6 is 0 Å². The molecule has 1 amide bonds. The highest BCUT2D eigenvalue weighted by Gasteiger charge is 2.35. The highest BCUT2D eigenvalue weighted by molar-refractivity contribution is 5.93. The predicted octanol–water partition coefficient (Wildman–Crippen LogP) is 1.09. The molecule has 0 spiro atoms. The first-order valence-corrected chi connectivity index (χ1v) is 8.64. The van der Waals surface area contributed by atoms with Crippen molar-refractivity contribution in [1.82, 2.24) is 24.8 Å². The van der Waals surface area contributed by atoms with Crippen molar-refractivity contribution >= 4 is 5.91 Å². The van der Waals surface area contributed by atoms with Gasteiger partial charge in [0.2, 0.25) is 0 Å². The van der Waals surface area contributed by atoms with Gasteiger partial charge in [-0.1, -0.05) is 0 Å². The molecule has 25 heavy (non-hydrogen) atoms. The highest BCUT2D eigenvalue weighted by Crippen LogP contribution is 2.41. The van der Waals surface area contributed by atoms with Gasteiger partial charge in [-0.25, -0.2) is 9.97 Å². The number of hydrogen-bond acceptors (Lipinski definition) is 6. The fourth-order valence-electron chi connectivity index (χ4n) is 3.44. The number of carbonyl (C=O) groups excluding carboxylic acids is 1. The van der Waals surface area contributed by atoms with Gasteiger partial charge >= 0.3 is 0 Å². The highest BCUT2D eigenvalue weighted by atomic mass is 16.5. The average molecular weight is 345 g/mol. The zero-order valence-corrected chi connectivity index (χ0v) is 14.5. The first-order chi connectivity index (χ1) is 12.1. The summed E-state index contributed by atoms with van der Waals surface area (Å²) < 4.78 is 13.3. The van der Waals surface area contributed by atoms with Crippen molar-refractivity contribution in [2.45, 2.75) is 30.9 Å². The molecule has 1 aliphatic carbocycles. The molecule has 2 aliphatic rings. The van der Waals surface area contributed by atoms with Crippen LogP contribution in [0.2, 0.25) is 0 Å². The fourth-order valence-corrected chi connectivity index (χ4v) is 3.44. The number of amides is 1. The standard InChI is InChI=1S/C17H23N5O3/c1-21-5-6-24-13(15(21)12-7-18-9-22(12)2)8-19-17(23)14-16(11-3-4-11)25-10-20-14/h7,9-11,13,15H,3-6,8H2,1-2H3,(H,19,23)/t13-,15-/m0/s1. The topological polar surface area (TPSA) is 85.4 Å². The zero-order valence-electron chi connectivity index (χ0n) is 14.5. The lowest BCUT2D eigenvalue weighted by atomic mass is 10.0. The maximum absolute atomic E-state index is 12.5. The number of ether oxygens (including phenoxy) is 1. The van der Waals surface area contributed by atoms with Gasteiger partial charge in [0, 0.05) is 32.3 Å². The van der Waals surface area contributed by atoms with Gasteiger partial charge in [-0.05, 0) is 19.9 Å². The molecule has 134 valence electrons. The maximum Gasteiger partial charge on any atom is 0.273 e. The molecule has 0 radical (unpaired) electrons. The monoisotopic (exact) mass is 345 g/mol.